The van der Waals surface area contributed by atoms with Gasteiger partial charge in [0, 0.05) is 29.3 Å². The van der Waals surface area contributed by atoms with E-state index in [1.165, 1.54) is 6.92 Å². The average molecular weight is 492 g/mol. The summed E-state index contributed by atoms with van der Waals surface area (Å²) in [5, 5.41) is 17.9. The fourth-order valence-corrected chi connectivity index (χ4v) is 3.71. The van der Waals surface area contributed by atoms with Crippen LogP contribution >= 0.6 is 12.6 Å². The van der Waals surface area contributed by atoms with Crippen LogP contribution in [0.3, 0.4) is 0 Å². The highest BCUT2D eigenvalue weighted by Gasteiger charge is 2.30. The molecule has 1 aromatic carbocycles. The van der Waals surface area contributed by atoms with Crippen LogP contribution in [-0.4, -0.2) is 63.7 Å². The van der Waals surface area contributed by atoms with Gasteiger partial charge < -0.3 is 31.8 Å². The number of carbonyl (C=O) groups excluding carboxylic acids is 3. The average Bonchev–Trinajstić information content (AvgIpc) is 3.18. The number of aromatic nitrogens is 1. The number of benzene rings is 1. The maximum Gasteiger partial charge on any atom is 0.327 e. The number of carbonyl (C=O) groups is 4. The normalized spacial score (nSPS) is 14.8. The Morgan fingerprint density at radius 1 is 0.971 bits per heavy atom. The molecule has 0 aliphatic heterocycles. The smallest absolute Gasteiger partial charge is 0.327 e. The summed E-state index contributed by atoms with van der Waals surface area (Å²) in [6.07, 6.45) is 2.18. The summed E-state index contributed by atoms with van der Waals surface area (Å²) >= 11 is 3.99. The molecule has 186 valence electrons. The third kappa shape index (κ3) is 7.49. The van der Waals surface area contributed by atoms with E-state index in [9.17, 15) is 24.3 Å². The molecule has 2 aromatic rings. The minimum atomic E-state index is -1.23. The lowest BCUT2D eigenvalue weighted by atomic mass is 10.0. The molecule has 34 heavy (non-hydrogen) atoms. The van der Waals surface area contributed by atoms with Crippen LogP contribution in [0.15, 0.2) is 30.5 Å². The van der Waals surface area contributed by atoms with E-state index >= 15 is 0 Å². The van der Waals surface area contributed by atoms with Gasteiger partial charge in [-0.2, -0.15) is 12.6 Å². The molecule has 10 nitrogen and oxygen atoms in total. The van der Waals surface area contributed by atoms with E-state index in [1.54, 1.807) is 6.20 Å². The molecule has 0 radical (unpaired) electrons. The van der Waals surface area contributed by atoms with Crippen LogP contribution < -0.4 is 21.7 Å². The largest absolute Gasteiger partial charge is 0.480 e. The fourth-order valence-electron chi connectivity index (χ4n) is 3.47. The van der Waals surface area contributed by atoms with Crippen LogP contribution in [0, 0.1) is 5.92 Å². The van der Waals surface area contributed by atoms with Crippen LogP contribution in [0.1, 0.15) is 32.8 Å². The van der Waals surface area contributed by atoms with Gasteiger partial charge in [-0.05, 0) is 30.9 Å². The molecule has 7 N–H and O–H groups in total. The summed E-state index contributed by atoms with van der Waals surface area (Å²) in [5.74, 6) is -2.98. The van der Waals surface area contributed by atoms with Crippen LogP contribution in [0.2, 0.25) is 0 Å². The lowest BCUT2D eigenvalue weighted by molar-refractivity contribution is -0.141. The standard InChI is InChI=1S/C23H33N5O5S/c1-12(2)8-17(26-20(29)13(3)24)21(30)27-18(22(31)28-19(11-34)23(32)33)9-14-10-25-16-7-5-4-6-15(14)16/h4-7,10,12-13,17-19,25,34H,8-9,11,24H2,1-3H3,(H,26,29)(H,27,30)(H,28,31)(H,32,33). The van der Waals surface area contributed by atoms with Crippen molar-refractivity contribution in [1.29, 1.82) is 0 Å². The van der Waals surface area contributed by atoms with Gasteiger partial charge in [-0.1, -0.05) is 32.0 Å². The number of nitrogens with two attached hydrogens (primary N) is 1. The van der Waals surface area contributed by atoms with Gasteiger partial charge in [-0.25, -0.2) is 4.79 Å². The van der Waals surface area contributed by atoms with E-state index in [2.05, 4.69) is 33.6 Å². The number of carboxylic acid groups (broad SMARTS) is 1. The Bertz CT molecular complexity index is 1020. The van der Waals surface area contributed by atoms with E-state index < -0.39 is 47.9 Å². The lowest BCUT2D eigenvalue weighted by Gasteiger charge is -2.25. The van der Waals surface area contributed by atoms with Crippen molar-refractivity contribution < 1.29 is 24.3 Å². The highest BCUT2D eigenvalue weighted by atomic mass is 32.1. The number of amides is 3. The molecule has 11 heteroatoms. The Balaban J connectivity index is 2.30. The van der Waals surface area contributed by atoms with E-state index in [-0.39, 0.29) is 18.1 Å². The number of thiol groups is 1. The summed E-state index contributed by atoms with van der Waals surface area (Å²) in [7, 11) is 0. The SMILES string of the molecule is CC(C)CC(NC(=O)C(C)N)C(=O)NC(Cc1c[nH]c2ccccc12)C(=O)NC(CS)C(=O)O. The van der Waals surface area contributed by atoms with Gasteiger partial charge in [-0.3, -0.25) is 14.4 Å². The van der Waals surface area contributed by atoms with Crippen molar-refractivity contribution in [3.8, 4) is 0 Å². The van der Waals surface area contributed by atoms with Gasteiger partial charge in [0.2, 0.25) is 17.7 Å². The number of fused-ring (bicyclic) bond motifs is 1. The molecule has 4 atom stereocenters. The van der Waals surface area contributed by atoms with E-state index in [0.717, 1.165) is 16.5 Å². The second-order valence-electron chi connectivity index (χ2n) is 8.69. The van der Waals surface area contributed by atoms with Crippen molar-refractivity contribution in [1.82, 2.24) is 20.9 Å². The minimum Gasteiger partial charge on any atom is -0.480 e. The monoisotopic (exact) mass is 491 g/mol. The second-order valence-corrected chi connectivity index (χ2v) is 9.05. The van der Waals surface area contributed by atoms with Crippen molar-refractivity contribution in [3.05, 3.63) is 36.0 Å². The first kappa shape index (κ1) is 27.2. The summed E-state index contributed by atoms with van der Waals surface area (Å²) in [5.41, 5.74) is 7.27. The first-order valence-electron chi connectivity index (χ1n) is 11.1. The van der Waals surface area contributed by atoms with Gasteiger partial charge in [0.15, 0.2) is 0 Å². The molecule has 0 spiro atoms. The van der Waals surface area contributed by atoms with Gasteiger partial charge >= 0.3 is 5.97 Å². The number of para-hydroxylation sites is 1. The van der Waals surface area contributed by atoms with Crippen LogP contribution in [0.5, 0.6) is 0 Å². The zero-order valence-electron chi connectivity index (χ0n) is 19.5. The third-order valence-electron chi connectivity index (χ3n) is 5.28. The van der Waals surface area contributed by atoms with Crippen molar-refractivity contribution in [2.75, 3.05) is 5.75 Å². The predicted octanol–water partition coefficient (Wildman–Crippen LogP) is 0.573. The molecule has 1 heterocycles. The Morgan fingerprint density at radius 2 is 1.56 bits per heavy atom. The molecule has 4 unspecified atom stereocenters. The molecular weight excluding hydrogens is 458 g/mol. The van der Waals surface area contributed by atoms with Crippen LogP contribution in [-0.2, 0) is 25.6 Å². The topological polar surface area (TPSA) is 166 Å². The summed E-state index contributed by atoms with van der Waals surface area (Å²) in [4.78, 5) is 52.9. The molecule has 0 fully saturated rings. The number of H-pyrrole nitrogens is 1. The van der Waals surface area contributed by atoms with E-state index in [1.807, 2.05) is 38.1 Å². The van der Waals surface area contributed by atoms with Gasteiger partial charge in [-0.15, -0.1) is 0 Å². The Morgan fingerprint density at radius 3 is 2.15 bits per heavy atom. The Kier molecular flexibility index (Phi) is 9.94. The lowest BCUT2D eigenvalue weighted by Crippen LogP contribution is -2.57. The summed E-state index contributed by atoms with van der Waals surface area (Å²) in [6, 6.07) is 3.48. The van der Waals surface area contributed by atoms with Gasteiger partial charge in [0.1, 0.15) is 18.1 Å². The molecule has 3 amide bonds. The number of carboxylic acids is 1. The second kappa shape index (κ2) is 12.4. The third-order valence-corrected chi connectivity index (χ3v) is 5.65. The number of aliphatic carboxylic acids is 1. The highest BCUT2D eigenvalue weighted by molar-refractivity contribution is 7.80. The van der Waals surface area contributed by atoms with Crippen molar-refractivity contribution in [2.24, 2.45) is 11.7 Å². The zero-order chi connectivity index (χ0) is 25.4. The fraction of sp³-hybridized carbons (Fsp3) is 0.478. The van der Waals surface area contributed by atoms with Crippen LogP contribution in [0.4, 0.5) is 0 Å². The molecule has 1 aromatic heterocycles. The Labute approximate surface area is 203 Å². The van der Waals surface area contributed by atoms with E-state index in [0.29, 0.717) is 6.42 Å². The summed E-state index contributed by atoms with van der Waals surface area (Å²) < 4.78 is 0. The van der Waals surface area contributed by atoms with Gasteiger partial charge in [0.05, 0.1) is 6.04 Å². The maximum absolute atomic E-state index is 13.1. The number of hydrogen-bond donors (Lipinski definition) is 7. The first-order chi connectivity index (χ1) is 16.0. The van der Waals surface area contributed by atoms with Crippen molar-refractivity contribution in [2.45, 2.75) is 57.8 Å². The molecular formula is C23H33N5O5S. The molecule has 0 saturated carbocycles. The minimum absolute atomic E-state index is 0.0746. The predicted molar refractivity (Wildman–Crippen MR) is 132 cm³/mol. The van der Waals surface area contributed by atoms with Crippen molar-refractivity contribution >= 4 is 47.2 Å². The molecule has 2 rings (SSSR count). The maximum atomic E-state index is 13.1. The van der Waals surface area contributed by atoms with Gasteiger partial charge in [0.25, 0.3) is 0 Å². The number of nitrogens with one attached hydrogen (secondary N) is 4. The van der Waals surface area contributed by atoms with Crippen molar-refractivity contribution in [3.63, 3.8) is 0 Å². The Hall–Kier alpha value is -3.05. The zero-order valence-corrected chi connectivity index (χ0v) is 20.4. The number of rotatable bonds is 12. The molecule has 0 saturated heterocycles. The summed E-state index contributed by atoms with van der Waals surface area (Å²) in [6.45, 7) is 5.31. The number of hydrogen-bond acceptors (Lipinski definition) is 6. The van der Waals surface area contributed by atoms with Crippen LogP contribution in [0.25, 0.3) is 10.9 Å². The molecule has 0 bridgehead atoms. The van der Waals surface area contributed by atoms with E-state index in [4.69, 9.17) is 5.73 Å². The molecule has 0 aliphatic rings. The highest BCUT2D eigenvalue weighted by Crippen LogP contribution is 2.19. The first-order valence-corrected chi connectivity index (χ1v) is 11.7. The molecule has 0 aliphatic carbocycles. The number of aromatic amines is 1. The quantitative estimate of drug-likeness (QED) is 0.214.